The molecule has 1 aliphatic rings. The number of hydrogen-bond donors (Lipinski definition) is 1. The lowest BCUT2D eigenvalue weighted by molar-refractivity contribution is -0.135. The van der Waals surface area contributed by atoms with Crippen LogP contribution in [0, 0.1) is 0 Å². The van der Waals surface area contributed by atoms with Gasteiger partial charge < -0.3 is 19.5 Å². The molecule has 0 saturated carbocycles. The molecule has 7 heteroatoms. The van der Waals surface area contributed by atoms with Crippen LogP contribution in [0.15, 0.2) is 109 Å². The van der Waals surface area contributed by atoms with Gasteiger partial charge in [0.2, 0.25) is 5.95 Å². The molecule has 1 aliphatic heterocycles. The number of H-pyrrole nitrogens is 1. The van der Waals surface area contributed by atoms with Crippen molar-refractivity contribution in [2.24, 2.45) is 5.16 Å². The van der Waals surface area contributed by atoms with E-state index < -0.39 is 5.54 Å². The molecule has 0 radical (unpaired) electrons. The summed E-state index contributed by atoms with van der Waals surface area (Å²) < 4.78 is 5.07. The molecule has 0 aliphatic carbocycles. The van der Waals surface area contributed by atoms with Crippen LogP contribution < -0.4 is 4.90 Å². The number of imidazole rings is 1. The number of rotatable bonds is 12. The van der Waals surface area contributed by atoms with Gasteiger partial charge in [0.05, 0.1) is 6.61 Å². The predicted octanol–water partition coefficient (Wildman–Crippen LogP) is 6.09. The molecule has 3 aromatic carbocycles. The number of nitrogens with zero attached hydrogens (tertiary/aromatic N) is 3. The maximum atomic E-state index is 12.0. The lowest BCUT2D eigenvalue weighted by atomic mass is 9.75. The van der Waals surface area contributed by atoms with E-state index in [0.717, 1.165) is 48.4 Å². The van der Waals surface area contributed by atoms with Crippen molar-refractivity contribution in [1.82, 2.24) is 9.97 Å². The predicted molar refractivity (Wildman–Crippen MR) is 153 cm³/mol. The fraction of sp³-hybridized carbons (Fsp3) is 0.281. The number of aromatic nitrogens is 2. The van der Waals surface area contributed by atoms with Crippen molar-refractivity contribution in [3.8, 4) is 0 Å². The molecule has 0 fully saturated rings. The summed E-state index contributed by atoms with van der Waals surface area (Å²) in [6.07, 6.45) is 6.65. The summed E-state index contributed by atoms with van der Waals surface area (Å²) in [4.78, 5) is 28.0. The van der Waals surface area contributed by atoms with Crippen molar-refractivity contribution in [2.45, 2.75) is 44.2 Å². The molecule has 1 atom stereocenters. The lowest BCUT2D eigenvalue weighted by Gasteiger charge is -2.45. The Morgan fingerprint density at radius 2 is 1.54 bits per heavy atom. The quantitative estimate of drug-likeness (QED) is 0.138. The highest BCUT2D eigenvalue weighted by Gasteiger charge is 2.43. The Balaban J connectivity index is 1.45. The number of oxime groups is 1. The summed E-state index contributed by atoms with van der Waals surface area (Å²) >= 11 is 0. The van der Waals surface area contributed by atoms with Crippen LogP contribution in [-0.4, -0.2) is 40.9 Å². The van der Waals surface area contributed by atoms with Gasteiger partial charge in [-0.3, -0.25) is 0 Å². The maximum absolute atomic E-state index is 12.0. The molecule has 200 valence electrons. The fourth-order valence-corrected chi connectivity index (χ4v) is 5.40. The maximum Gasteiger partial charge on any atom is 0.356 e. The first kappa shape index (κ1) is 26.2. The number of ether oxygens (including phenoxy) is 1. The highest BCUT2D eigenvalue weighted by atomic mass is 16.6. The Hall–Kier alpha value is -4.39. The molecular weight excluding hydrogens is 488 g/mol. The fourth-order valence-electron chi connectivity index (χ4n) is 5.40. The second kappa shape index (κ2) is 12.4. The van der Waals surface area contributed by atoms with Gasteiger partial charge in [0.1, 0.15) is 11.6 Å². The Bertz CT molecular complexity index is 1250. The van der Waals surface area contributed by atoms with Crippen molar-refractivity contribution in [3.05, 3.63) is 120 Å². The zero-order valence-corrected chi connectivity index (χ0v) is 22.2. The molecule has 0 amide bonds. The molecule has 1 unspecified atom stereocenters. The molecule has 5 rings (SSSR count). The number of benzene rings is 3. The topological polar surface area (TPSA) is 79.8 Å². The van der Waals surface area contributed by atoms with E-state index in [1.54, 1.807) is 13.1 Å². The van der Waals surface area contributed by atoms with Crippen molar-refractivity contribution < 1.29 is 14.4 Å². The van der Waals surface area contributed by atoms with Gasteiger partial charge in [-0.1, -0.05) is 96.2 Å². The van der Waals surface area contributed by atoms with Crippen molar-refractivity contribution in [3.63, 3.8) is 0 Å². The van der Waals surface area contributed by atoms with E-state index in [4.69, 9.17) is 14.6 Å². The minimum atomic E-state index is -0.619. The number of hydrogen-bond acceptors (Lipinski definition) is 6. The van der Waals surface area contributed by atoms with Crippen LogP contribution in [-0.2, 0) is 19.9 Å². The smallest absolute Gasteiger partial charge is 0.356 e. The minimum Gasteiger partial charge on any atom is -0.461 e. The number of esters is 1. The molecule has 0 saturated heterocycles. The number of anilines is 1. The number of aromatic amines is 1. The van der Waals surface area contributed by atoms with Crippen LogP contribution >= 0.6 is 0 Å². The summed E-state index contributed by atoms with van der Waals surface area (Å²) in [5.74, 6) is 0.416. The first-order valence-corrected chi connectivity index (χ1v) is 13.6. The largest absolute Gasteiger partial charge is 0.461 e. The minimum absolute atomic E-state index is 0.108. The van der Waals surface area contributed by atoms with E-state index in [1.807, 2.05) is 6.20 Å². The van der Waals surface area contributed by atoms with E-state index in [2.05, 4.69) is 106 Å². The van der Waals surface area contributed by atoms with Crippen LogP contribution in [0.5, 0.6) is 0 Å². The molecule has 4 aromatic rings. The third kappa shape index (κ3) is 5.58. The third-order valence-corrected chi connectivity index (χ3v) is 7.12. The van der Waals surface area contributed by atoms with E-state index in [-0.39, 0.29) is 12.1 Å². The average molecular weight is 523 g/mol. The second-order valence-corrected chi connectivity index (χ2v) is 9.56. The summed E-state index contributed by atoms with van der Waals surface area (Å²) in [5.41, 5.74) is 3.22. The van der Waals surface area contributed by atoms with Crippen LogP contribution in [0.3, 0.4) is 0 Å². The monoisotopic (exact) mass is 522 g/mol. The number of unbranched alkanes of at least 4 members (excludes halogenated alkanes) is 1. The zero-order chi connectivity index (χ0) is 26.9. The highest BCUT2D eigenvalue weighted by Crippen LogP contribution is 2.44. The zero-order valence-electron chi connectivity index (χ0n) is 22.2. The van der Waals surface area contributed by atoms with Crippen molar-refractivity contribution in [2.75, 3.05) is 18.1 Å². The van der Waals surface area contributed by atoms with Crippen molar-refractivity contribution in [1.29, 1.82) is 0 Å². The summed E-state index contributed by atoms with van der Waals surface area (Å²) in [6, 6.07) is 31.9. The molecule has 2 heterocycles. The van der Waals surface area contributed by atoms with E-state index in [0.29, 0.717) is 18.7 Å². The van der Waals surface area contributed by atoms with Gasteiger partial charge in [-0.25, -0.2) is 9.78 Å². The van der Waals surface area contributed by atoms with E-state index >= 15 is 0 Å². The first-order chi connectivity index (χ1) is 19.2. The molecule has 1 N–H and O–H groups in total. The number of carbonyl (C=O) groups excluding carboxylic acids is 1. The van der Waals surface area contributed by atoms with E-state index in [1.165, 1.54) is 0 Å². The molecular formula is C32H34N4O3. The Morgan fingerprint density at radius 1 is 0.949 bits per heavy atom. The van der Waals surface area contributed by atoms with Gasteiger partial charge in [0, 0.05) is 25.4 Å². The molecule has 7 nitrogen and oxygen atoms in total. The van der Waals surface area contributed by atoms with Gasteiger partial charge in [0.25, 0.3) is 0 Å². The summed E-state index contributed by atoms with van der Waals surface area (Å²) in [5, 5.41) is 3.97. The van der Waals surface area contributed by atoms with Crippen LogP contribution in [0.1, 0.15) is 49.3 Å². The standard InChI is InChI=1S/C32H34N4O3/c1-2-38-30(37)29-24-28(39-35-29)20-12-13-23-36(31-33-21-22-34-31)32(25-14-6-3-7-15-25,26-16-8-4-9-17-26)27-18-10-5-11-19-27/h3-11,14-19,21-22,28H,2,12-13,20,23-24H2,1H3,(H,33,34). The van der Waals surface area contributed by atoms with Gasteiger partial charge in [-0.15, -0.1) is 0 Å². The summed E-state index contributed by atoms with van der Waals surface area (Å²) in [6.45, 7) is 2.86. The Morgan fingerprint density at radius 3 is 2.05 bits per heavy atom. The number of carbonyl (C=O) groups is 1. The molecule has 0 spiro atoms. The van der Waals surface area contributed by atoms with Crippen LogP contribution in [0.25, 0.3) is 0 Å². The Labute approximate surface area is 229 Å². The average Bonchev–Trinajstić information content (AvgIpc) is 3.70. The first-order valence-electron chi connectivity index (χ1n) is 13.6. The van der Waals surface area contributed by atoms with Gasteiger partial charge in [-0.2, -0.15) is 0 Å². The normalized spacial score (nSPS) is 14.9. The van der Waals surface area contributed by atoms with Crippen molar-refractivity contribution >= 4 is 17.6 Å². The molecule has 1 aromatic heterocycles. The summed E-state index contributed by atoms with van der Waals surface area (Å²) in [7, 11) is 0. The Kier molecular flexibility index (Phi) is 8.36. The highest BCUT2D eigenvalue weighted by molar-refractivity contribution is 6.36. The SMILES string of the molecule is CCOC(=O)C1=NOC(CCCCN(c2ncc[nH]2)C(c2ccccc2)(c2ccccc2)c2ccccc2)C1. The second-order valence-electron chi connectivity index (χ2n) is 9.56. The van der Waals surface area contributed by atoms with E-state index in [9.17, 15) is 4.79 Å². The molecule has 0 bridgehead atoms. The molecule has 39 heavy (non-hydrogen) atoms. The lowest BCUT2D eigenvalue weighted by Crippen LogP contribution is -2.49. The van der Waals surface area contributed by atoms with Gasteiger partial charge >= 0.3 is 5.97 Å². The van der Waals surface area contributed by atoms with Gasteiger partial charge in [-0.05, 0) is 42.9 Å². The number of nitrogens with one attached hydrogen (secondary N) is 1. The third-order valence-electron chi connectivity index (χ3n) is 7.12. The van der Waals surface area contributed by atoms with Gasteiger partial charge in [0.15, 0.2) is 5.71 Å². The van der Waals surface area contributed by atoms with Crippen LogP contribution in [0.2, 0.25) is 0 Å². The van der Waals surface area contributed by atoms with Crippen LogP contribution in [0.4, 0.5) is 5.95 Å².